The SMILES string of the molecule is Cn1nc(-c2coc3ccccc23)nc1N. The third kappa shape index (κ3) is 1.18. The van der Waals surface area contributed by atoms with Crippen LogP contribution < -0.4 is 5.73 Å². The minimum absolute atomic E-state index is 0.389. The summed E-state index contributed by atoms with van der Waals surface area (Å²) < 4.78 is 6.96. The predicted molar refractivity (Wildman–Crippen MR) is 60.6 cm³/mol. The second-order valence-corrected chi connectivity index (χ2v) is 3.56. The third-order valence-electron chi connectivity index (χ3n) is 2.52. The summed E-state index contributed by atoms with van der Waals surface area (Å²) in [7, 11) is 1.76. The van der Waals surface area contributed by atoms with Gasteiger partial charge in [-0.25, -0.2) is 4.68 Å². The average Bonchev–Trinajstić information content (AvgIpc) is 2.83. The topological polar surface area (TPSA) is 69.9 Å². The van der Waals surface area contributed by atoms with Gasteiger partial charge in [0.15, 0.2) is 5.82 Å². The monoisotopic (exact) mass is 214 g/mol. The standard InChI is InChI=1S/C11H10N4O/c1-15-11(12)13-10(14-15)8-6-16-9-5-3-2-4-7(8)9/h2-6H,1H3,(H2,12,13,14). The van der Waals surface area contributed by atoms with Crippen LogP contribution in [0.25, 0.3) is 22.4 Å². The number of hydrogen-bond donors (Lipinski definition) is 1. The molecule has 0 radical (unpaired) electrons. The first-order chi connectivity index (χ1) is 7.75. The summed E-state index contributed by atoms with van der Waals surface area (Å²) >= 11 is 0. The number of rotatable bonds is 1. The van der Waals surface area contributed by atoms with E-state index in [-0.39, 0.29) is 0 Å². The number of aryl methyl sites for hydroxylation is 1. The van der Waals surface area contributed by atoms with Crippen LogP contribution in [0.4, 0.5) is 5.95 Å². The van der Waals surface area contributed by atoms with E-state index in [4.69, 9.17) is 10.2 Å². The van der Waals surface area contributed by atoms with Crippen LogP contribution in [0.1, 0.15) is 0 Å². The van der Waals surface area contributed by atoms with Gasteiger partial charge in [0.1, 0.15) is 11.8 Å². The summed E-state index contributed by atoms with van der Waals surface area (Å²) in [5, 5.41) is 5.22. The maximum atomic E-state index is 5.65. The van der Waals surface area contributed by atoms with Crippen LogP contribution in [-0.4, -0.2) is 14.8 Å². The highest BCUT2D eigenvalue weighted by Crippen LogP contribution is 2.28. The molecule has 3 aromatic rings. The van der Waals surface area contributed by atoms with Gasteiger partial charge in [-0.05, 0) is 6.07 Å². The Morgan fingerprint density at radius 2 is 2.12 bits per heavy atom. The summed E-state index contributed by atoms with van der Waals surface area (Å²) in [5.41, 5.74) is 7.34. The van der Waals surface area contributed by atoms with E-state index in [1.54, 1.807) is 13.3 Å². The van der Waals surface area contributed by atoms with Gasteiger partial charge in [0.2, 0.25) is 5.95 Å². The van der Waals surface area contributed by atoms with E-state index in [1.807, 2.05) is 24.3 Å². The van der Waals surface area contributed by atoms with Gasteiger partial charge in [0.05, 0.1) is 5.56 Å². The number of nitrogens with two attached hydrogens (primary N) is 1. The summed E-state index contributed by atoms with van der Waals surface area (Å²) in [5.74, 6) is 0.977. The van der Waals surface area contributed by atoms with E-state index < -0.39 is 0 Å². The van der Waals surface area contributed by atoms with Crippen LogP contribution in [-0.2, 0) is 7.05 Å². The molecule has 0 amide bonds. The zero-order valence-corrected chi connectivity index (χ0v) is 8.71. The third-order valence-corrected chi connectivity index (χ3v) is 2.52. The number of anilines is 1. The molecule has 0 aliphatic carbocycles. The van der Waals surface area contributed by atoms with E-state index in [1.165, 1.54) is 4.68 Å². The highest BCUT2D eigenvalue weighted by atomic mass is 16.3. The fraction of sp³-hybridized carbons (Fsp3) is 0.0909. The fourth-order valence-corrected chi connectivity index (χ4v) is 1.66. The lowest BCUT2D eigenvalue weighted by Gasteiger charge is -1.89. The van der Waals surface area contributed by atoms with Crippen molar-refractivity contribution in [2.24, 2.45) is 7.05 Å². The zero-order valence-electron chi connectivity index (χ0n) is 8.71. The number of aromatic nitrogens is 3. The molecule has 80 valence electrons. The molecule has 0 saturated heterocycles. The maximum Gasteiger partial charge on any atom is 0.218 e. The lowest BCUT2D eigenvalue weighted by atomic mass is 10.2. The second kappa shape index (κ2) is 3.10. The van der Waals surface area contributed by atoms with Crippen LogP contribution in [0.2, 0.25) is 0 Å². The molecule has 3 rings (SSSR count). The molecule has 0 aliphatic heterocycles. The normalized spacial score (nSPS) is 11.1. The van der Waals surface area contributed by atoms with E-state index in [9.17, 15) is 0 Å². The Hall–Kier alpha value is -2.30. The van der Waals surface area contributed by atoms with Crippen molar-refractivity contribution >= 4 is 16.9 Å². The molecule has 16 heavy (non-hydrogen) atoms. The first-order valence-corrected chi connectivity index (χ1v) is 4.89. The number of furan rings is 1. The molecule has 5 nitrogen and oxygen atoms in total. The van der Waals surface area contributed by atoms with Crippen molar-refractivity contribution in [1.29, 1.82) is 0 Å². The number of nitrogen functional groups attached to an aromatic ring is 1. The average molecular weight is 214 g/mol. The maximum absolute atomic E-state index is 5.65. The first kappa shape index (κ1) is 8.96. The molecule has 0 bridgehead atoms. The minimum atomic E-state index is 0.389. The van der Waals surface area contributed by atoms with Crippen molar-refractivity contribution in [3.05, 3.63) is 30.5 Å². The number of nitrogens with zero attached hydrogens (tertiary/aromatic N) is 3. The molecule has 2 heterocycles. The Bertz CT molecular complexity index is 633. The Kier molecular flexibility index (Phi) is 1.73. The van der Waals surface area contributed by atoms with Gasteiger partial charge in [0, 0.05) is 12.4 Å². The molecule has 5 heteroatoms. The van der Waals surface area contributed by atoms with Gasteiger partial charge in [-0.15, -0.1) is 5.10 Å². The highest BCUT2D eigenvalue weighted by molar-refractivity contribution is 5.91. The zero-order chi connectivity index (χ0) is 11.1. The van der Waals surface area contributed by atoms with Crippen LogP contribution in [0.5, 0.6) is 0 Å². The van der Waals surface area contributed by atoms with Gasteiger partial charge in [-0.2, -0.15) is 4.98 Å². The van der Waals surface area contributed by atoms with Crippen LogP contribution in [0.3, 0.4) is 0 Å². The molecule has 1 aromatic carbocycles. The van der Waals surface area contributed by atoms with Gasteiger partial charge in [-0.1, -0.05) is 18.2 Å². The molecule has 0 atom stereocenters. The van der Waals surface area contributed by atoms with Crippen molar-refractivity contribution in [3.8, 4) is 11.4 Å². The summed E-state index contributed by atoms with van der Waals surface area (Å²) in [6.45, 7) is 0. The first-order valence-electron chi connectivity index (χ1n) is 4.89. The molecule has 0 aliphatic rings. The molecule has 0 saturated carbocycles. The van der Waals surface area contributed by atoms with E-state index in [2.05, 4.69) is 10.1 Å². The van der Waals surface area contributed by atoms with E-state index in [0.717, 1.165) is 16.5 Å². The van der Waals surface area contributed by atoms with Crippen molar-refractivity contribution in [3.63, 3.8) is 0 Å². The summed E-state index contributed by atoms with van der Waals surface area (Å²) in [6.07, 6.45) is 1.65. The number of para-hydroxylation sites is 1. The molecule has 2 aromatic heterocycles. The lowest BCUT2D eigenvalue weighted by molar-refractivity contribution is 0.616. The smallest absolute Gasteiger partial charge is 0.218 e. The van der Waals surface area contributed by atoms with E-state index in [0.29, 0.717) is 11.8 Å². The van der Waals surface area contributed by atoms with Gasteiger partial charge >= 0.3 is 0 Å². The van der Waals surface area contributed by atoms with Gasteiger partial charge in [-0.3, -0.25) is 0 Å². The number of fused-ring (bicyclic) bond motifs is 1. The van der Waals surface area contributed by atoms with Crippen LogP contribution in [0.15, 0.2) is 34.9 Å². The van der Waals surface area contributed by atoms with Crippen molar-refractivity contribution in [2.45, 2.75) is 0 Å². The molecule has 0 fully saturated rings. The van der Waals surface area contributed by atoms with Gasteiger partial charge < -0.3 is 10.2 Å². The fourth-order valence-electron chi connectivity index (χ4n) is 1.66. The quantitative estimate of drug-likeness (QED) is 0.670. The number of benzene rings is 1. The molecular weight excluding hydrogens is 204 g/mol. The second-order valence-electron chi connectivity index (χ2n) is 3.56. The van der Waals surface area contributed by atoms with Crippen molar-refractivity contribution in [2.75, 3.05) is 5.73 Å². The van der Waals surface area contributed by atoms with E-state index >= 15 is 0 Å². The lowest BCUT2D eigenvalue weighted by Crippen LogP contribution is -1.97. The van der Waals surface area contributed by atoms with Crippen molar-refractivity contribution in [1.82, 2.24) is 14.8 Å². The Balaban J connectivity index is 2.26. The highest BCUT2D eigenvalue weighted by Gasteiger charge is 2.12. The molecular formula is C11H10N4O. The largest absolute Gasteiger partial charge is 0.464 e. The Labute approximate surface area is 91.5 Å². The predicted octanol–water partition coefficient (Wildman–Crippen LogP) is 1.81. The van der Waals surface area contributed by atoms with Crippen LogP contribution >= 0.6 is 0 Å². The van der Waals surface area contributed by atoms with Crippen molar-refractivity contribution < 1.29 is 4.42 Å². The Morgan fingerprint density at radius 3 is 2.88 bits per heavy atom. The summed E-state index contributed by atoms with van der Waals surface area (Å²) in [6, 6.07) is 7.76. The molecule has 0 spiro atoms. The minimum Gasteiger partial charge on any atom is -0.464 e. The van der Waals surface area contributed by atoms with Crippen LogP contribution in [0, 0.1) is 0 Å². The Morgan fingerprint density at radius 1 is 1.31 bits per heavy atom. The molecule has 2 N–H and O–H groups in total. The summed E-state index contributed by atoms with van der Waals surface area (Å²) in [4.78, 5) is 4.17. The number of hydrogen-bond acceptors (Lipinski definition) is 4. The molecule has 0 unspecified atom stereocenters. The van der Waals surface area contributed by atoms with Gasteiger partial charge in [0.25, 0.3) is 0 Å².